The van der Waals surface area contributed by atoms with Crippen molar-refractivity contribution in [3.05, 3.63) is 68.7 Å². The predicted molar refractivity (Wildman–Crippen MR) is 102 cm³/mol. The molecule has 1 saturated carbocycles. The molecule has 0 N–H and O–H groups in total. The van der Waals surface area contributed by atoms with Gasteiger partial charge in [-0.25, -0.2) is 0 Å². The molecule has 2 aromatic rings. The highest BCUT2D eigenvalue weighted by Crippen LogP contribution is 2.57. The van der Waals surface area contributed by atoms with Crippen LogP contribution in [0, 0.1) is 0 Å². The Labute approximate surface area is 151 Å². The lowest BCUT2D eigenvalue weighted by Gasteiger charge is -2.38. The second-order valence-corrected chi connectivity index (χ2v) is 8.34. The summed E-state index contributed by atoms with van der Waals surface area (Å²) in [6, 6.07) is 13.6. The summed E-state index contributed by atoms with van der Waals surface area (Å²) in [5.41, 5.74) is 9.60. The van der Waals surface area contributed by atoms with Crippen LogP contribution in [0.4, 0.5) is 0 Å². The van der Waals surface area contributed by atoms with E-state index in [1.165, 1.54) is 46.8 Å². The minimum atomic E-state index is 0.253. The first-order valence-electron chi connectivity index (χ1n) is 8.90. The molecule has 2 heteroatoms. The molecule has 2 aromatic carbocycles. The van der Waals surface area contributed by atoms with Crippen LogP contribution < -0.4 is 4.74 Å². The Balaban J connectivity index is 1.72. The Morgan fingerprint density at radius 2 is 1.79 bits per heavy atom. The molecular formula is C22H21BrO. The topological polar surface area (TPSA) is 9.23 Å². The number of ether oxygens (including phenoxy) is 1. The molecule has 0 saturated heterocycles. The standard InChI is InChI=1S/C22H21BrO/c1-24-17-6-4-14-11-19-18-7-5-16(23)10-15(18)12-21(19)22(20(14)13-17)8-2-3-9-22/h4-7,10,13H,2-3,8-9,11-12H2,1H3. The Hall–Kier alpha value is -1.54. The zero-order valence-corrected chi connectivity index (χ0v) is 15.6. The summed E-state index contributed by atoms with van der Waals surface area (Å²) in [5.74, 6) is 1.00. The Morgan fingerprint density at radius 3 is 2.58 bits per heavy atom. The molecule has 24 heavy (non-hydrogen) atoms. The molecule has 122 valence electrons. The molecule has 3 aliphatic carbocycles. The van der Waals surface area contributed by atoms with Crippen LogP contribution in [0.25, 0.3) is 5.57 Å². The van der Waals surface area contributed by atoms with Gasteiger partial charge in [0, 0.05) is 9.89 Å². The van der Waals surface area contributed by atoms with Crippen LogP contribution >= 0.6 is 15.9 Å². The zero-order chi connectivity index (χ0) is 16.3. The maximum absolute atomic E-state index is 5.55. The number of methoxy groups -OCH3 is 1. The number of allylic oxidation sites excluding steroid dienone is 2. The Bertz CT molecular complexity index is 872. The van der Waals surface area contributed by atoms with E-state index in [1.807, 2.05) is 0 Å². The van der Waals surface area contributed by atoms with Gasteiger partial charge >= 0.3 is 0 Å². The molecule has 0 radical (unpaired) electrons. The van der Waals surface area contributed by atoms with Gasteiger partial charge in [0.05, 0.1) is 7.11 Å². The normalized spacial score (nSPS) is 20.1. The largest absolute Gasteiger partial charge is 0.497 e. The van der Waals surface area contributed by atoms with Crippen molar-refractivity contribution in [2.45, 2.75) is 43.9 Å². The van der Waals surface area contributed by atoms with E-state index in [4.69, 9.17) is 4.74 Å². The quantitative estimate of drug-likeness (QED) is 0.603. The van der Waals surface area contributed by atoms with E-state index in [1.54, 1.807) is 23.8 Å². The number of fused-ring (bicyclic) bond motifs is 5. The minimum Gasteiger partial charge on any atom is -0.497 e. The Morgan fingerprint density at radius 1 is 0.958 bits per heavy atom. The Kier molecular flexibility index (Phi) is 3.22. The highest BCUT2D eigenvalue weighted by atomic mass is 79.9. The summed E-state index contributed by atoms with van der Waals surface area (Å²) < 4.78 is 6.74. The van der Waals surface area contributed by atoms with Gasteiger partial charge in [0.1, 0.15) is 5.75 Å². The molecule has 0 atom stereocenters. The van der Waals surface area contributed by atoms with Crippen LogP contribution in [-0.2, 0) is 18.3 Å². The molecular weight excluding hydrogens is 360 g/mol. The second kappa shape index (κ2) is 5.23. The van der Waals surface area contributed by atoms with E-state index < -0.39 is 0 Å². The van der Waals surface area contributed by atoms with Crippen LogP contribution in [0.5, 0.6) is 5.75 Å². The molecule has 1 nitrogen and oxygen atoms in total. The first-order valence-corrected chi connectivity index (χ1v) is 9.69. The molecule has 1 spiro atoms. The minimum absolute atomic E-state index is 0.253. The fraction of sp³-hybridized carbons (Fsp3) is 0.364. The van der Waals surface area contributed by atoms with Crippen LogP contribution in [0.2, 0.25) is 0 Å². The lowest BCUT2D eigenvalue weighted by atomic mass is 9.65. The summed E-state index contributed by atoms with van der Waals surface area (Å²) in [4.78, 5) is 0. The van der Waals surface area contributed by atoms with Crippen LogP contribution in [-0.4, -0.2) is 7.11 Å². The number of rotatable bonds is 1. The third-order valence-corrected chi connectivity index (χ3v) is 6.85. The van der Waals surface area contributed by atoms with Crippen molar-refractivity contribution >= 4 is 21.5 Å². The first kappa shape index (κ1) is 14.8. The van der Waals surface area contributed by atoms with Gasteiger partial charge in [0.2, 0.25) is 0 Å². The maximum Gasteiger partial charge on any atom is 0.119 e. The monoisotopic (exact) mass is 380 g/mol. The summed E-state index contributed by atoms with van der Waals surface area (Å²) in [6.07, 6.45) is 7.47. The molecule has 1 fully saturated rings. The molecule has 3 aliphatic rings. The smallest absolute Gasteiger partial charge is 0.119 e. The lowest BCUT2D eigenvalue weighted by molar-refractivity contribution is 0.410. The van der Waals surface area contributed by atoms with Gasteiger partial charge in [-0.15, -0.1) is 0 Å². The predicted octanol–water partition coefficient (Wildman–Crippen LogP) is 5.84. The summed E-state index contributed by atoms with van der Waals surface area (Å²) >= 11 is 3.65. The first-order chi connectivity index (χ1) is 11.7. The fourth-order valence-electron chi connectivity index (χ4n) is 5.31. The van der Waals surface area contributed by atoms with Crippen molar-refractivity contribution in [3.8, 4) is 5.75 Å². The summed E-state index contributed by atoms with van der Waals surface area (Å²) in [6.45, 7) is 0. The zero-order valence-electron chi connectivity index (χ0n) is 14.0. The van der Waals surface area contributed by atoms with Crippen molar-refractivity contribution in [3.63, 3.8) is 0 Å². The van der Waals surface area contributed by atoms with Crippen LogP contribution in [0.1, 0.15) is 47.9 Å². The van der Waals surface area contributed by atoms with Crippen molar-refractivity contribution in [2.24, 2.45) is 0 Å². The number of benzene rings is 2. The van der Waals surface area contributed by atoms with E-state index in [0.717, 1.165) is 18.6 Å². The fourth-order valence-corrected chi connectivity index (χ4v) is 5.72. The van der Waals surface area contributed by atoms with E-state index in [-0.39, 0.29) is 5.41 Å². The SMILES string of the molecule is COc1ccc2c(c1)C1(CCCC1)C1=C(C2)c2ccc(Br)cc2C1. The molecule has 0 aliphatic heterocycles. The molecule has 0 unspecified atom stereocenters. The molecule has 5 rings (SSSR count). The van der Waals surface area contributed by atoms with Gasteiger partial charge in [-0.1, -0.05) is 46.5 Å². The molecule has 0 bridgehead atoms. The van der Waals surface area contributed by atoms with Crippen molar-refractivity contribution in [1.29, 1.82) is 0 Å². The van der Waals surface area contributed by atoms with Gasteiger partial charge in [-0.3, -0.25) is 0 Å². The van der Waals surface area contributed by atoms with Gasteiger partial charge in [0.25, 0.3) is 0 Å². The van der Waals surface area contributed by atoms with Crippen LogP contribution in [0.3, 0.4) is 0 Å². The average molecular weight is 381 g/mol. The summed E-state index contributed by atoms with van der Waals surface area (Å²) in [7, 11) is 1.78. The van der Waals surface area contributed by atoms with E-state index >= 15 is 0 Å². The van der Waals surface area contributed by atoms with E-state index in [9.17, 15) is 0 Å². The van der Waals surface area contributed by atoms with Gasteiger partial charge in [-0.05, 0) is 77.8 Å². The average Bonchev–Trinajstić information content (AvgIpc) is 3.21. The third-order valence-electron chi connectivity index (χ3n) is 6.36. The number of halogens is 1. The molecule has 0 heterocycles. The highest BCUT2D eigenvalue weighted by molar-refractivity contribution is 9.10. The number of hydrogen-bond donors (Lipinski definition) is 0. The van der Waals surface area contributed by atoms with E-state index in [0.29, 0.717) is 0 Å². The molecule has 0 aromatic heterocycles. The van der Waals surface area contributed by atoms with Crippen molar-refractivity contribution < 1.29 is 4.74 Å². The highest BCUT2D eigenvalue weighted by Gasteiger charge is 2.46. The van der Waals surface area contributed by atoms with Gasteiger partial charge < -0.3 is 4.74 Å². The third kappa shape index (κ3) is 1.92. The van der Waals surface area contributed by atoms with Gasteiger partial charge in [-0.2, -0.15) is 0 Å². The maximum atomic E-state index is 5.55. The van der Waals surface area contributed by atoms with Crippen LogP contribution in [0.15, 0.2) is 46.4 Å². The molecule has 0 amide bonds. The second-order valence-electron chi connectivity index (χ2n) is 7.42. The van der Waals surface area contributed by atoms with Crippen molar-refractivity contribution in [2.75, 3.05) is 7.11 Å². The van der Waals surface area contributed by atoms with Crippen molar-refractivity contribution in [1.82, 2.24) is 0 Å². The summed E-state index contributed by atoms with van der Waals surface area (Å²) in [5, 5.41) is 0. The lowest BCUT2D eigenvalue weighted by Crippen LogP contribution is -2.30. The van der Waals surface area contributed by atoms with E-state index in [2.05, 4.69) is 52.3 Å². The van der Waals surface area contributed by atoms with Gasteiger partial charge in [0.15, 0.2) is 0 Å². The number of hydrogen-bond acceptors (Lipinski definition) is 1.